The summed E-state index contributed by atoms with van der Waals surface area (Å²) in [4.78, 5) is 21.8. The molecular weight excluding hydrogens is 268 g/mol. The van der Waals surface area contributed by atoms with Crippen LogP contribution in [0.15, 0.2) is 12.4 Å². The number of nitrogens with zero attached hydrogens (tertiary/aromatic N) is 3. The van der Waals surface area contributed by atoms with Gasteiger partial charge in [0.1, 0.15) is 18.9 Å². The summed E-state index contributed by atoms with van der Waals surface area (Å²) in [5.74, 6) is -0.325. The van der Waals surface area contributed by atoms with Gasteiger partial charge in [-0.15, -0.1) is 0 Å². The summed E-state index contributed by atoms with van der Waals surface area (Å²) in [5.41, 5.74) is -0.156. The van der Waals surface area contributed by atoms with Crippen LogP contribution < -0.4 is 5.32 Å². The molecule has 0 aliphatic heterocycles. The van der Waals surface area contributed by atoms with Gasteiger partial charge in [0, 0.05) is 14.2 Å². The Balaban J connectivity index is 2.59. The number of hydrogen-bond donors (Lipinski definition) is 1. The topological polar surface area (TPSA) is 109 Å². The number of ether oxygens (including phenoxy) is 2. The normalized spacial score (nSPS) is 12.4. The average Bonchev–Trinajstić information content (AvgIpc) is 2.87. The zero-order valence-corrected chi connectivity index (χ0v) is 11.6. The monoisotopic (exact) mass is 286 g/mol. The number of rotatable bonds is 8. The molecule has 0 spiro atoms. The Kier molecular flexibility index (Phi) is 6.07. The molecule has 1 aromatic rings. The smallest absolute Gasteiger partial charge is 0.307 e. The molecule has 0 unspecified atom stereocenters. The Labute approximate surface area is 116 Å². The minimum Gasteiger partial charge on any atom is -0.354 e. The van der Waals surface area contributed by atoms with Gasteiger partial charge in [0.25, 0.3) is 0 Å². The van der Waals surface area contributed by atoms with Gasteiger partial charge in [0.2, 0.25) is 5.91 Å². The standard InChI is InChI=1S/C11H18N4O5/c1-4-9(11(19-2)20-3)13-10(16)7-14-6-8(5-12-14)15(17)18/h5-6,9,11H,4,7H2,1-3H3,(H,13,16)/t9-/m1/s1. The van der Waals surface area contributed by atoms with Crippen LogP contribution in [0.2, 0.25) is 0 Å². The van der Waals surface area contributed by atoms with Gasteiger partial charge >= 0.3 is 5.69 Å². The Morgan fingerprint density at radius 1 is 1.55 bits per heavy atom. The third-order valence-corrected chi connectivity index (χ3v) is 2.72. The molecule has 0 radical (unpaired) electrons. The number of carbonyl (C=O) groups excluding carboxylic acids is 1. The number of carbonyl (C=O) groups is 1. The Hall–Kier alpha value is -2.00. The van der Waals surface area contributed by atoms with E-state index in [0.29, 0.717) is 6.42 Å². The first kappa shape index (κ1) is 16.1. The van der Waals surface area contributed by atoms with E-state index in [-0.39, 0.29) is 24.2 Å². The van der Waals surface area contributed by atoms with E-state index >= 15 is 0 Å². The van der Waals surface area contributed by atoms with Crippen molar-refractivity contribution in [3.05, 3.63) is 22.5 Å². The Morgan fingerprint density at radius 3 is 2.65 bits per heavy atom. The van der Waals surface area contributed by atoms with Gasteiger partial charge < -0.3 is 14.8 Å². The van der Waals surface area contributed by atoms with Gasteiger partial charge in [-0.2, -0.15) is 5.10 Å². The van der Waals surface area contributed by atoms with E-state index in [0.717, 1.165) is 6.20 Å². The summed E-state index contributed by atoms with van der Waals surface area (Å²) in [7, 11) is 2.97. The van der Waals surface area contributed by atoms with E-state index in [1.165, 1.54) is 25.1 Å². The van der Waals surface area contributed by atoms with Crippen molar-refractivity contribution in [3.63, 3.8) is 0 Å². The van der Waals surface area contributed by atoms with Crippen LogP contribution >= 0.6 is 0 Å². The Bertz CT molecular complexity index is 457. The van der Waals surface area contributed by atoms with Gasteiger partial charge in [-0.05, 0) is 6.42 Å². The molecule has 1 N–H and O–H groups in total. The second kappa shape index (κ2) is 7.56. The zero-order valence-electron chi connectivity index (χ0n) is 11.6. The highest BCUT2D eigenvalue weighted by Gasteiger charge is 2.21. The van der Waals surface area contributed by atoms with Crippen molar-refractivity contribution in [1.82, 2.24) is 15.1 Å². The van der Waals surface area contributed by atoms with Crippen LogP contribution in [0.25, 0.3) is 0 Å². The summed E-state index contributed by atoms with van der Waals surface area (Å²) < 4.78 is 11.4. The van der Waals surface area contributed by atoms with Gasteiger partial charge in [-0.25, -0.2) is 0 Å². The van der Waals surface area contributed by atoms with Gasteiger partial charge in [0.05, 0.1) is 11.0 Å². The quantitative estimate of drug-likeness (QED) is 0.418. The second-order valence-corrected chi connectivity index (χ2v) is 4.08. The molecule has 20 heavy (non-hydrogen) atoms. The summed E-state index contributed by atoms with van der Waals surface area (Å²) in [6.07, 6.45) is 2.37. The summed E-state index contributed by atoms with van der Waals surface area (Å²) >= 11 is 0. The summed E-state index contributed by atoms with van der Waals surface area (Å²) in [5, 5.41) is 17.0. The predicted molar refractivity (Wildman–Crippen MR) is 68.9 cm³/mol. The first-order chi connectivity index (χ1) is 9.51. The highest BCUT2D eigenvalue weighted by molar-refractivity contribution is 5.76. The van der Waals surface area contributed by atoms with E-state index in [1.807, 2.05) is 6.92 Å². The molecule has 9 heteroatoms. The maximum absolute atomic E-state index is 11.8. The number of nitrogens with one attached hydrogen (secondary N) is 1. The molecule has 1 atom stereocenters. The molecule has 9 nitrogen and oxygen atoms in total. The number of nitro groups is 1. The number of hydrogen-bond acceptors (Lipinski definition) is 6. The predicted octanol–water partition coefficient (Wildman–Crippen LogP) is 0.305. The molecule has 0 fully saturated rings. The fraction of sp³-hybridized carbons (Fsp3) is 0.636. The molecule has 0 saturated heterocycles. The van der Waals surface area contributed by atoms with Crippen molar-refractivity contribution >= 4 is 11.6 Å². The lowest BCUT2D eigenvalue weighted by Crippen LogP contribution is -2.45. The second-order valence-electron chi connectivity index (χ2n) is 4.08. The van der Waals surface area contributed by atoms with Crippen molar-refractivity contribution in [2.24, 2.45) is 0 Å². The lowest BCUT2D eigenvalue weighted by atomic mass is 10.2. The highest BCUT2D eigenvalue weighted by Crippen LogP contribution is 2.08. The average molecular weight is 286 g/mol. The van der Waals surface area contributed by atoms with Crippen LogP contribution in [0.5, 0.6) is 0 Å². The van der Waals surface area contributed by atoms with E-state index < -0.39 is 11.2 Å². The van der Waals surface area contributed by atoms with E-state index in [4.69, 9.17) is 9.47 Å². The third-order valence-electron chi connectivity index (χ3n) is 2.72. The molecule has 0 saturated carbocycles. The van der Waals surface area contributed by atoms with Gasteiger partial charge in [-0.3, -0.25) is 19.6 Å². The maximum atomic E-state index is 11.8. The van der Waals surface area contributed by atoms with Crippen molar-refractivity contribution in [3.8, 4) is 0 Å². The molecule has 1 aromatic heterocycles. The molecule has 1 rings (SSSR count). The maximum Gasteiger partial charge on any atom is 0.307 e. The lowest BCUT2D eigenvalue weighted by molar-refractivity contribution is -0.385. The third kappa shape index (κ3) is 4.28. The van der Waals surface area contributed by atoms with E-state index in [2.05, 4.69) is 10.4 Å². The van der Waals surface area contributed by atoms with E-state index in [1.54, 1.807) is 0 Å². The fourth-order valence-corrected chi connectivity index (χ4v) is 1.72. The van der Waals surface area contributed by atoms with Crippen LogP contribution in [0.3, 0.4) is 0 Å². The minimum atomic E-state index is -0.567. The fourth-order valence-electron chi connectivity index (χ4n) is 1.72. The van der Waals surface area contributed by atoms with E-state index in [9.17, 15) is 14.9 Å². The molecule has 0 aromatic carbocycles. The highest BCUT2D eigenvalue weighted by atomic mass is 16.7. The molecular formula is C11H18N4O5. The Morgan fingerprint density at radius 2 is 2.20 bits per heavy atom. The number of methoxy groups -OCH3 is 2. The molecule has 0 aliphatic rings. The van der Waals surface area contributed by atoms with Crippen molar-refractivity contribution in [1.29, 1.82) is 0 Å². The molecule has 0 aliphatic carbocycles. The SMILES string of the molecule is CC[C@@H](NC(=O)Cn1cc([N+](=O)[O-])cn1)C(OC)OC. The first-order valence-corrected chi connectivity index (χ1v) is 6.03. The van der Waals surface area contributed by atoms with Crippen molar-refractivity contribution in [2.75, 3.05) is 14.2 Å². The zero-order chi connectivity index (χ0) is 15.1. The van der Waals surface area contributed by atoms with Crippen LogP contribution in [0.1, 0.15) is 13.3 Å². The number of aromatic nitrogens is 2. The number of amides is 1. The first-order valence-electron chi connectivity index (χ1n) is 6.03. The lowest BCUT2D eigenvalue weighted by Gasteiger charge is -2.24. The minimum absolute atomic E-state index is 0.107. The molecule has 0 bridgehead atoms. The molecule has 1 heterocycles. The van der Waals surface area contributed by atoms with Crippen molar-refractivity contribution < 1.29 is 19.2 Å². The molecule has 1 amide bonds. The van der Waals surface area contributed by atoms with Crippen molar-refractivity contribution in [2.45, 2.75) is 32.2 Å². The summed E-state index contributed by atoms with van der Waals surface area (Å²) in [6, 6.07) is -0.303. The van der Waals surface area contributed by atoms with Gasteiger partial charge in [-0.1, -0.05) is 6.92 Å². The van der Waals surface area contributed by atoms with Crippen LogP contribution in [-0.4, -0.2) is 47.2 Å². The summed E-state index contributed by atoms with van der Waals surface area (Å²) in [6.45, 7) is 1.78. The van der Waals surface area contributed by atoms with Crippen LogP contribution in [0.4, 0.5) is 5.69 Å². The largest absolute Gasteiger partial charge is 0.354 e. The van der Waals surface area contributed by atoms with Gasteiger partial charge in [0.15, 0.2) is 6.29 Å². The van der Waals surface area contributed by atoms with Crippen LogP contribution in [-0.2, 0) is 20.8 Å². The molecule has 112 valence electrons. The van der Waals surface area contributed by atoms with Crippen LogP contribution in [0, 0.1) is 10.1 Å².